The molecule has 1 heterocycles. The molecule has 0 saturated carbocycles. The molecular formula is C16H20N2O4S2. The summed E-state index contributed by atoms with van der Waals surface area (Å²) >= 11 is 1.22. The molecule has 0 saturated heterocycles. The topological polar surface area (TPSA) is 75.7 Å². The Labute approximate surface area is 146 Å². The lowest BCUT2D eigenvalue weighted by Crippen LogP contribution is -2.30. The summed E-state index contributed by atoms with van der Waals surface area (Å²) in [5.41, 5.74) is 0.365. The molecule has 6 nitrogen and oxygen atoms in total. The molecule has 0 aliphatic rings. The van der Waals surface area contributed by atoms with Crippen LogP contribution in [0.2, 0.25) is 0 Å². The van der Waals surface area contributed by atoms with E-state index in [9.17, 15) is 13.2 Å². The van der Waals surface area contributed by atoms with E-state index in [1.165, 1.54) is 37.6 Å². The maximum absolute atomic E-state index is 12.8. The van der Waals surface area contributed by atoms with Crippen LogP contribution in [0.1, 0.15) is 23.0 Å². The number of hydrogen-bond acceptors (Lipinski definition) is 5. The number of methoxy groups -OCH3 is 1. The number of ether oxygens (including phenoxy) is 1. The number of anilines is 1. The minimum atomic E-state index is -3.76. The molecule has 1 aromatic heterocycles. The van der Waals surface area contributed by atoms with Gasteiger partial charge in [-0.3, -0.25) is 9.10 Å². The Morgan fingerprint density at radius 2 is 1.92 bits per heavy atom. The summed E-state index contributed by atoms with van der Waals surface area (Å²) in [4.78, 5) is 12.7. The van der Waals surface area contributed by atoms with Crippen LogP contribution in [-0.2, 0) is 10.0 Å². The molecule has 130 valence electrons. The summed E-state index contributed by atoms with van der Waals surface area (Å²) in [5, 5.41) is 4.47. The van der Waals surface area contributed by atoms with Crippen LogP contribution in [0.3, 0.4) is 0 Å². The molecule has 1 aromatic carbocycles. The monoisotopic (exact) mass is 368 g/mol. The van der Waals surface area contributed by atoms with Crippen LogP contribution in [-0.4, -0.2) is 35.0 Å². The van der Waals surface area contributed by atoms with Gasteiger partial charge in [0.05, 0.1) is 17.7 Å². The Balaban J connectivity index is 2.32. The molecule has 0 radical (unpaired) electrons. The highest BCUT2D eigenvalue weighted by atomic mass is 32.2. The first-order valence-electron chi connectivity index (χ1n) is 7.40. The van der Waals surface area contributed by atoms with Crippen LogP contribution in [0.15, 0.2) is 40.6 Å². The Hall–Kier alpha value is -2.06. The number of amides is 1. The van der Waals surface area contributed by atoms with E-state index >= 15 is 0 Å². The number of sulfonamides is 1. The van der Waals surface area contributed by atoms with Crippen LogP contribution >= 0.6 is 11.3 Å². The molecule has 0 aliphatic carbocycles. The molecule has 2 aromatic rings. The second-order valence-corrected chi connectivity index (χ2v) is 7.92. The Kier molecular flexibility index (Phi) is 5.84. The van der Waals surface area contributed by atoms with Crippen LogP contribution in [0, 0.1) is 0 Å². The van der Waals surface area contributed by atoms with E-state index in [-0.39, 0.29) is 10.8 Å². The van der Waals surface area contributed by atoms with Crippen molar-refractivity contribution in [2.75, 3.05) is 25.0 Å². The van der Waals surface area contributed by atoms with E-state index in [1.54, 1.807) is 23.6 Å². The molecule has 1 amide bonds. The maximum atomic E-state index is 12.8. The van der Waals surface area contributed by atoms with Gasteiger partial charge in [0.2, 0.25) is 0 Å². The number of thiophene rings is 1. The second-order valence-electron chi connectivity index (χ2n) is 5.04. The van der Waals surface area contributed by atoms with Crippen molar-refractivity contribution in [3.63, 3.8) is 0 Å². The van der Waals surface area contributed by atoms with Gasteiger partial charge in [0.15, 0.2) is 0 Å². The highest BCUT2D eigenvalue weighted by Gasteiger charge is 2.26. The van der Waals surface area contributed by atoms with Crippen LogP contribution in [0.5, 0.6) is 5.75 Å². The van der Waals surface area contributed by atoms with Gasteiger partial charge in [0.25, 0.3) is 15.9 Å². The predicted octanol–water partition coefficient (Wildman–Crippen LogP) is 2.72. The number of carbonyl (C=O) groups is 1. The minimum Gasteiger partial charge on any atom is -0.497 e. The zero-order chi connectivity index (χ0) is 17.7. The lowest BCUT2D eigenvalue weighted by atomic mass is 10.3. The van der Waals surface area contributed by atoms with Gasteiger partial charge in [-0.1, -0.05) is 6.92 Å². The van der Waals surface area contributed by atoms with Gasteiger partial charge < -0.3 is 10.1 Å². The number of hydrogen-bond donors (Lipinski definition) is 1. The van der Waals surface area contributed by atoms with Crippen molar-refractivity contribution < 1.29 is 17.9 Å². The Bertz CT molecular complexity index is 798. The van der Waals surface area contributed by atoms with Gasteiger partial charge in [-0.25, -0.2) is 8.42 Å². The summed E-state index contributed by atoms with van der Waals surface area (Å²) in [7, 11) is -0.800. The van der Waals surface area contributed by atoms with E-state index < -0.39 is 10.0 Å². The Morgan fingerprint density at radius 3 is 2.50 bits per heavy atom. The average Bonchev–Trinajstić information content (AvgIpc) is 3.08. The van der Waals surface area contributed by atoms with Crippen molar-refractivity contribution >= 4 is 33.0 Å². The molecule has 0 fully saturated rings. The number of benzene rings is 1. The fourth-order valence-electron chi connectivity index (χ4n) is 2.07. The number of carbonyl (C=O) groups excluding carboxylic acids is 1. The molecular weight excluding hydrogens is 348 g/mol. The molecule has 2 rings (SSSR count). The molecule has 24 heavy (non-hydrogen) atoms. The first kappa shape index (κ1) is 18.3. The lowest BCUT2D eigenvalue weighted by molar-refractivity contribution is 0.0958. The van der Waals surface area contributed by atoms with Crippen molar-refractivity contribution in [1.82, 2.24) is 5.32 Å². The van der Waals surface area contributed by atoms with Crippen molar-refractivity contribution in [2.45, 2.75) is 18.2 Å². The van der Waals surface area contributed by atoms with E-state index in [0.29, 0.717) is 22.9 Å². The first-order chi connectivity index (χ1) is 11.4. The summed E-state index contributed by atoms with van der Waals surface area (Å²) in [6.45, 7) is 2.50. The van der Waals surface area contributed by atoms with Gasteiger partial charge in [-0.15, -0.1) is 11.3 Å². The molecule has 0 unspecified atom stereocenters. The summed E-state index contributed by atoms with van der Waals surface area (Å²) in [6, 6.07) is 7.76. The van der Waals surface area contributed by atoms with Crippen LogP contribution in [0.4, 0.5) is 5.69 Å². The van der Waals surface area contributed by atoms with E-state index in [1.807, 2.05) is 6.92 Å². The van der Waals surface area contributed by atoms with Gasteiger partial charge in [-0.05, 0) is 42.1 Å². The highest BCUT2D eigenvalue weighted by molar-refractivity contribution is 7.92. The first-order valence-corrected chi connectivity index (χ1v) is 9.72. The van der Waals surface area contributed by atoms with Crippen molar-refractivity contribution in [2.24, 2.45) is 0 Å². The normalized spacial score (nSPS) is 11.1. The van der Waals surface area contributed by atoms with Crippen molar-refractivity contribution in [1.29, 1.82) is 0 Å². The molecule has 1 N–H and O–H groups in total. The lowest BCUT2D eigenvalue weighted by Gasteiger charge is -2.20. The average molecular weight is 368 g/mol. The SMILES string of the molecule is CCCNC(=O)c1sccc1N(C)S(=O)(=O)c1ccc(OC)cc1. The minimum absolute atomic E-state index is 0.136. The van der Waals surface area contributed by atoms with Crippen molar-refractivity contribution in [3.8, 4) is 5.75 Å². The number of nitrogens with one attached hydrogen (secondary N) is 1. The zero-order valence-electron chi connectivity index (χ0n) is 13.8. The predicted molar refractivity (Wildman–Crippen MR) is 95.5 cm³/mol. The maximum Gasteiger partial charge on any atom is 0.264 e. The number of nitrogens with zero attached hydrogens (tertiary/aromatic N) is 1. The van der Waals surface area contributed by atoms with Crippen molar-refractivity contribution in [3.05, 3.63) is 40.6 Å². The Morgan fingerprint density at radius 1 is 1.25 bits per heavy atom. The van der Waals surface area contributed by atoms with Gasteiger partial charge in [0.1, 0.15) is 10.6 Å². The van der Waals surface area contributed by atoms with E-state index in [0.717, 1.165) is 10.7 Å². The fourth-order valence-corrected chi connectivity index (χ4v) is 4.18. The van der Waals surface area contributed by atoms with Gasteiger partial charge in [-0.2, -0.15) is 0 Å². The third-order valence-electron chi connectivity index (χ3n) is 3.44. The third kappa shape index (κ3) is 3.70. The zero-order valence-corrected chi connectivity index (χ0v) is 15.4. The van der Waals surface area contributed by atoms with E-state index in [2.05, 4.69) is 5.32 Å². The van der Waals surface area contributed by atoms with Gasteiger partial charge >= 0.3 is 0 Å². The van der Waals surface area contributed by atoms with E-state index in [4.69, 9.17) is 4.74 Å². The molecule has 0 spiro atoms. The summed E-state index contributed by atoms with van der Waals surface area (Å²) < 4.78 is 31.7. The largest absolute Gasteiger partial charge is 0.497 e. The molecule has 0 bridgehead atoms. The standard InChI is InChI=1S/C16H20N2O4S2/c1-4-10-17-16(19)15-14(9-11-23-15)18(2)24(20,21)13-7-5-12(22-3)6-8-13/h5-9,11H,4,10H2,1-3H3,(H,17,19). The highest BCUT2D eigenvalue weighted by Crippen LogP contribution is 2.30. The number of rotatable bonds is 7. The quantitative estimate of drug-likeness (QED) is 0.815. The second kappa shape index (κ2) is 7.67. The molecule has 0 atom stereocenters. The van der Waals surface area contributed by atoms with Crippen LogP contribution < -0.4 is 14.4 Å². The molecule has 0 aliphatic heterocycles. The van der Waals surface area contributed by atoms with Crippen LogP contribution in [0.25, 0.3) is 0 Å². The molecule has 8 heteroatoms. The third-order valence-corrected chi connectivity index (χ3v) is 6.13. The fraction of sp³-hybridized carbons (Fsp3) is 0.312. The van der Waals surface area contributed by atoms with Gasteiger partial charge in [0, 0.05) is 13.6 Å². The summed E-state index contributed by atoms with van der Waals surface area (Å²) in [6.07, 6.45) is 0.812. The summed E-state index contributed by atoms with van der Waals surface area (Å²) in [5.74, 6) is 0.311. The smallest absolute Gasteiger partial charge is 0.264 e.